The van der Waals surface area contributed by atoms with E-state index in [2.05, 4.69) is 17.1 Å². The average Bonchev–Trinajstić information content (AvgIpc) is 3.25. The zero-order valence-electron chi connectivity index (χ0n) is 11.7. The molecule has 20 heavy (non-hydrogen) atoms. The van der Waals surface area contributed by atoms with E-state index in [1.165, 1.54) is 0 Å². The molecule has 1 aromatic rings. The van der Waals surface area contributed by atoms with E-state index >= 15 is 0 Å². The predicted octanol–water partition coefficient (Wildman–Crippen LogP) is 1.42. The Morgan fingerprint density at radius 1 is 1.50 bits per heavy atom. The van der Waals surface area contributed by atoms with Crippen molar-refractivity contribution in [2.75, 3.05) is 18.5 Å². The van der Waals surface area contributed by atoms with Crippen LogP contribution in [0.4, 0.5) is 5.69 Å². The SMILES string of the molecule is CCN(C)c1ccccc1CNC(=O)C1CC1[N+](=O)[O-]. The zero-order valence-corrected chi connectivity index (χ0v) is 11.7. The summed E-state index contributed by atoms with van der Waals surface area (Å²) >= 11 is 0. The van der Waals surface area contributed by atoms with Crippen LogP contribution >= 0.6 is 0 Å². The lowest BCUT2D eigenvalue weighted by Gasteiger charge is -2.20. The maximum atomic E-state index is 11.8. The molecule has 0 bridgehead atoms. The van der Waals surface area contributed by atoms with E-state index < -0.39 is 12.0 Å². The van der Waals surface area contributed by atoms with E-state index in [1.54, 1.807) is 0 Å². The number of carbonyl (C=O) groups is 1. The highest BCUT2D eigenvalue weighted by Gasteiger charge is 2.53. The van der Waals surface area contributed by atoms with Gasteiger partial charge in [0.1, 0.15) is 5.92 Å². The molecular weight excluding hydrogens is 258 g/mol. The van der Waals surface area contributed by atoms with Gasteiger partial charge in [-0.05, 0) is 18.6 Å². The fraction of sp³-hybridized carbons (Fsp3) is 0.500. The third-order valence-corrected chi connectivity index (χ3v) is 3.69. The summed E-state index contributed by atoms with van der Waals surface area (Å²) in [7, 11) is 1.99. The summed E-state index contributed by atoms with van der Waals surface area (Å²) in [4.78, 5) is 24.1. The standard InChI is InChI=1S/C14H19N3O3/c1-3-16(2)12-7-5-4-6-10(12)9-15-14(18)11-8-13(11)17(19)20/h4-7,11,13H,3,8-9H2,1-2H3,(H,15,18). The number of para-hydroxylation sites is 1. The number of amides is 1. The second-order valence-electron chi connectivity index (χ2n) is 5.06. The Morgan fingerprint density at radius 2 is 2.20 bits per heavy atom. The van der Waals surface area contributed by atoms with Crippen LogP contribution in [-0.4, -0.2) is 30.5 Å². The van der Waals surface area contributed by atoms with Gasteiger partial charge in [-0.3, -0.25) is 14.9 Å². The van der Waals surface area contributed by atoms with Crippen molar-refractivity contribution >= 4 is 11.6 Å². The molecule has 0 saturated heterocycles. The smallest absolute Gasteiger partial charge is 0.230 e. The van der Waals surface area contributed by atoms with Crippen LogP contribution in [0.5, 0.6) is 0 Å². The van der Waals surface area contributed by atoms with Gasteiger partial charge in [-0.15, -0.1) is 0 Å². The van der Waals surface area contributed by atoms with Gasteiger partial charge in [0.25, 0.3) is 0 Å². The molecule has 0 heterocycles. The second-order valence-corrected chi connectivity index (χ2v) is 5.06. The molecule has 1 amide bonds. The molecule has 1 fully saturated rings. The van der Waals surface area contributed by atoms with E-state index in [9.17, 15) is 14.9 Å². The van der Waals surface area contributed by atoms with Crippen molar-refractivity contribution < 1.29 is 9.72 Å². The largest absolute Gasteiger partial charge is 0.375 e. The Balaban J connectivity index is 1.95. The summed E-state index contributed by atoms with van der Waals surface area (Å²) in [5.74, 6) is -0.679. The van der Waals surface area contributed by atoms with Gasteiger partial charge >= 0.3 is 0 Å². The van der Waals surface area contributed by atoms with Gasteiger partial charge in [0, 0.05) is 37.2 Å². The molecule has 0 radical (unpaired) electrons. The zero-order chi connectivity index (χ0) is 14.7. The van der Waals surface area contributed by atoms with Crippen molar-refractivity contribution in [3.63, 3.8) is 0 Å². The lowest BCUT2D eigenvalue weighted by molar-refractivity contribution is -0.497. The Hall–Kier alpha value is -2.11. The van der Waals surface area contributed by atoms with Crippen molar-refractivity contribution in [1.82, 2.24) is 5.32 Å². The molecule has 0 aromatic heterocycles. The molecule has 2 rings (SSSR count). The van der Waals surface area contributed by atoms with Crippen molar-refractivity contribution in [2.45, 2.75) is 25.9 Å². The number of benzene rings is 1. The van der Waals surface area contributed by atoms with Crippen LogP contribution < -0.4 is 10.2 Å². The van der Waals surface area contributed by atoms with Crippen LogP contribution in [0.1, 0.15) is 18.9 Å². The van der Waals surface area contributed by atoms with Crippen LogP contribution in [0.15, 0.2) is 24.3 Å². The van der Waals surface area contributed by atoms with Crippen LogP contribution in [0.2, 0.25) is 0 Å². The first-order chi connectivity index (χ1) is 9.54. The quantitative estimate of drug-likeness (QED) is 0.630. The maximum absolute atomic E-state index is 11.8. The molecule has 6 nitrogen and oxygen atoms in total. The minimum absolute atomic E-state index is 0.222. The summed E-state index contributed by atoms with van der Waals surface area (Å²) in [6, 6.07) is 7.15. The van der Waals surface area contributed by atoms with Gasteiger partial charge in [-0.25, -0.2) is 0 Å². The van der Waals surface area contributed by atoms with Crippen molar-refractivity contribution in [1.29, 1.82) is 0 Å². The molecule has 1 aromatic carbocycles. The van der Waals surface area contributed by atoms with Crippen molar-refractivity contribution in [3.8, 4) is 0 Å². The highest BCUT2D eigenvalue weighted by Crippen LogP contribution is 2.33. The highest BCUT2D eigenvalue weighted by atomic mass is 16.6. The number of nitro groups is 1. The lowest BCUT2D eigenvalue weighted by atomic mass is 10.1. The lowest BCUT2D eigenvalue weighted by Crippen LogP contribution is -2.28. The van der Waals surface area contributed by atoms with E-state index in [0.29, 0.717) is 13.0 Å². The maximum Gasteiger partial charge on any atom is 0.230 e. The fourth-order valence-corrected chi connectivity index (χ4v) is 2.21. The molecule has 1 aliphatic rings. The van der Waals surface area contributed by atoms with E-state index in [4.69, 9.17) is 0 Å². The minimum Gasteiger partial charge on any atom is -0.375 e. The molecule has 1 saturated carbocycles. The molecule has 6 heteroatoms. The molecule has 0 aliphatic heterocycles. The third-order valence-electron chi connectivity index (χ3n) is 3.69. The number of anilines is 1. The van der Waals surface area contributed by atoms with Gasteiger partial charge in [0.05, 0.1) is 0 Å². The van der Waals surface area contributed by atoms with Crippen LogP contribution in [0, 0.1) is 16.0 Å². The van der Waals surface area contributed by atoms with Gasteiger partial charge in [-0.2, -0.15) is 0 Å². The summed E-state index contributed by atoms with van der Waals surface area (Å²) < 4.78 is 0. The molecule has 2 unspecified atom stereocenters. The van der Waals surface area contributed by atoms with Crippen LogP contribution in [0.25, 0.3) is 0 Å². The number of nitrogens with zero attached hydrogens (tertiary/aromatic N) is 2. The number of carbonyl (C=O) groups excluding carboxylic acids is 1. The monoisotopic (exact) mass is 277 g/mol. The number of rotatable bonds is 6. The molecule has 1 aliphatic carbocycles. The third kappa shape index (κ3) is 3.07. The van der Waals surface area contributed by atoms with Gasteiger partial charge in [0.2, 0.25) is 11.9 Å². The Kier molecular flexibility index (Phi) is 4.22. The van der Waals surface area contributed by atoms with Gasteiger partial charge in [-0.1, -0.05) is 18.2 Å². The van der Waals surface area contributed by atoms with E-state index in [1.807, 2.05) is 31.3 Å². The Bertz CT molecular complexity index is 518. The average molecular weight is 277 g/mol. The number of hydrogen-bond donors (Lipinski definition) is 1. The molecule has 1 N–H and O–H groups in total. The van der Waals surface area contributed by atoms with Gasteiger partial charge < -0.3 is 10.2 Å². The first kappa shape index (κ1) is 14.3. The second kappa shape index (κ2) is 5.90. The van der Waals surface area contributed by atoms with Gasteiger partial charge in [0.15, 0.2) is 0 Å². The number of nitrogens with one attached hydrogen (secondary N) is 1. The number of hydrogen-bond acceptors (Lipinski definition) is 4. The first-order valence-corrected chi connectivity index (χ1v) is 6.74. The van der Waals surface area contributed by atoms with Crippen molar-refractivity contribution in [3.05, 3.63) is 39.9 Å². The summed E-state index contributed by atoms with van der Waals surface area (Å²) in [5.41, 5.74) is 2.08. The topological polar surface area (TPSA) is 75.5 Å². The van der Waals surface area contributed by atoms with Crippen LogP contribution in [-0.2, 0) is 11.3 Å². The van der Waals surface area contributed by atoms with Crippen molar-refractivity contribution in [2.24, 2.45) is 5.92 Å². The molecule has 108 valence electrons. The highest BCUT2D eigenvalue weighted by molar-refractivity contribution is 5.82. The first-order valence-electron chi connectivity index (χ1n) is 6.74. The Morgan fingerprint density at radius 3 is 2.80 bits per heavy atom. The summed E-state index contributed by atoms with van der Waals surface area (Å²) in [6.07, 6.45) is 0.356. The molecule has 2 atom stereocenters. The Labute approximate surface area is 117 Å². The fourth-order valence-electron chi connectivity index (χ4n) is 2.21. The summed E-state index contributed by atoms with van der Waals surface area (Å²) in [5, 5.41) is 13.3. The van der Waals surface area contributed by atoms with Crippen LogP contribution in [0.3, 0.4) is 0 Å². The van der Waals surface area contributed by atoms with E-state index in [0.717, 1.165) is 17.8 Å². The van der Waals surface area contributed by atoms with E-state index in [-0.39, 0.29) is 10.8 Å². The summed E-state index contributed by atoms with van der Waals surface area (Å²) in [6.45, 7) is 3.33. The molecular formula is C14H19N3O3. The predicted molar refractivity (Wildman–Crippen MR) is 76.1 cm³/mol. The minimum atomic E-state index is -0.691. The normalized spacial score (nSPS) is 20.3. The molecule has 0 spiro atoms.